The molecule has 0 bridgehead atoms. The van der Waals surface area contributed by atoms with E-state index >= 15 is 0 Å². The number of nitrogens with one attached hydrogen (secondary N) is 1. The fourth-order valence-electron chi connectivity index (χ4n) is 4.80. The molecule has 1 saturated heterocycles. The van der Waals surface area contributed by atoms with Crippen molar-refractivity contribution in [2.75, 3.05) is 5.75 Å². The van der Waals surface area contributed by atoms with Gasteiger partial charge in [0.1, 0.15) is 6.04 Å². The van der Waals surface area contributed by atoms with Crippen molar-refractivity contribution in [1.29, 1.82) is 0 Å². The number of benzene rings is 2. The highest BCUT2D eigenvalue weighted by molar-refractivity contribution is 9.10. The number of fused-ring (bicyclic) bond motifs is 1. The lowest BCUT2D eigenvalue weighted by molar-refractivity contribution is -0.132. The van der Waals surface area contributed by atoms with Crippen LogP contribution in [0.5, 0.6) is 0 Å². The van der Waals surface area contributed by atoms with Crippen LogP contribution < -0.4 is 5.48 Å². The van der Waals surface area contributed by atoms with Gasteiger partial charge in [-0.2, -0.15) is 4.31 Å². The molecule has 0 radical (unpaired) electrons. The predicted molar refractivity (Wildman–Crippen MR) is 118 cm³/mol. The molecule has 2 fully saturated rings. The highest BCUT2D eigenvalue weighted by Gasteiger charge is 2.51. The van der Waals surface area contributed by atoms with Gasteiger partial charge in [0.15, 0.2) is 0 Å². The number of rotatable bonds is 6. The number of aryl methyl sites for hydroxylation is 1. The van der Waals surface area contributed by atoms with E-state index in [0.29, 0.717) is 12.8 Å². The zero-order valence-corrected chi connectivity index (χ0v) is 18.9. The summed E-state index contributed by atoms with van der Waals surface area (Å²) in [5.41, 5.74) is 4.75. The van der Waals surface area contributed by atoms with E-state index in [1.165, 1.54) is 4.31 Å². The molecule has 2 N–H and O–H groups in total. The molecule has 2 aromatic carbocycles. The molecular weight excluding hydrogens is 468 g/mol. The number of hydroxylamine groups is 1. The van der Waals surface area contributed by atoms with Crippen LogP contribution in [0, 0.1) is 5.92 Å². The molecule has 2 aromatic rings. The van der Waals surface area contributed by atoms with E-state index in [4.69, 9.17) is 5.21 Å². The van der Waals surface area contributed by atoms with E-state index in [1.807, 2.05) is 48.5 Å². The molecule has 1 amide bonds. The Morgan fingerprint density at radius 1 is 1.07 bits per heavy atom. The van der Waals surface area contributed by atoms with Gasteiger partial charge in [0.05, 0.1) is 5.75 Å². The lowest BCUT2D eigenvalue weighted by atomic mass is 10.0. The summed E-state index contributed by atoms with van der Waals surface area (Å²) in [7, 11) is -3.63. The second kappa shape index (κ2) is 8.78. The van der Waals surface area contributed by atoms with Crippen LogP contribution in [-0.4, -0.2) is 41.7 Å². The van der Waals surface area contributed by atoms with Gasteiger partial charge < -0.3 is 0 Å². The molecule has 30 heavy (non-hydrogen) atoms. The molecule has 1 aliphatic carbocycles. The van der Waals surface area contributed by atoms with Crippen LogP contribution in [0.1, 0.15) is 31.2 Å². The largest absolute Gasteiger partial charge is 0.289 e. The SMILES string of the molecule is O=C(NO)[C@H]1C[C@H]2CCC[C@H]2N1S(=O)(=O)CCc1ccc(-c2ccc(Br)cc2)cc1. The first-order valence-corrected chi connectivity index (χ1v) is 12.6. The van der Waals surface area contributed by atoms with Gasteiger partial charge >= 0.3 is 0 Å². The van der Waals surface area contributed by atoms with Gasteiger partial charge in [-0.3, -0.25) is 10.0 Å². The molecule has 8 heteroatoms. The Morgan fingerprint density at radius 2 is 1.70 bits per heavy atom. The maximum Gasteiger partial charge on any atom is 0.261 e. The average molecular weight is 493 g/mol. The van der Waals surface area contributed by atoms with E-state index in [2.05, 4.69) is 15.9 Å². The van der Waals surface area contributed by atoms with Crippen molar-refractivity contribution in [3.63, 3.8) is 0 Å². The minimum atomic E-state index is -3.63. The summed E-state index contributed by atoms with van der Waals surface area (Å²) in [6, 6.07) is 15.0. The molecule has 1 saturated carbocycles. The first-order valence-electron chi connectivity index (χ1n) is 10.2. The smallest absolute Gasteiger partial charge is 0.261 e. The highest BCUT2D eigenvalue weighted by atomic mass is 79.9. The molecule has 0 aromatic heterocycles. The van der Waals surface area contributed by atoms with Crippen LogP contribution in [0.3, 0.4) is 0 Å². The molecule has 0 spiro atoms. The molecule has 1 heterocycles. The first-order chi connectivity index (χ1) is 14.4. The number of halogens is 1. The Balaban J connectivity index is 1.46. The van der Waals surface area contributed by atoms with E-state index in [9.17, 15) is 13.2 Å². The van der Waals surface area contributed by atoms with Gasteiger partial charge in [0, 0.05) is 10.5 Å². The number of carbonyl (C=O) groups is 1. The summed E-state index contributed by atoms with van der Waals surface area (Å²) in [4.78, 5) is 12.1. The molecule has 1 aliphatic heterocycles. The van der Waals surface area contributed by atoms with E-state index in [1.54, 1.807) is 5.48 Å². The van der Waals surface area contributed by atoms with Crippen molar-refractivity contribution in [1.82, 2.24) is 9.79 Å². The minimum Gasteiger partial charge on any atom is -0.289 e. The molecule has 0 unspecified atom stereocenters. The zero-order valence-electron chi connectivity index (χ0n) is 16.5. The summed E-state index contributed by atoms with van der Waals surface area (Å²) < 4.78 is 28.7. The average Bonchev–Trinajstić information content (AvgIpc) is 3.34. The second-order valence-corrected chi connectivity index (χ2v) is 11.0. The topological polar surface area (TPSA) is 86.7 Å². The number of hydrogen-bond donors (Lipinski definition) is 2. The van der Waals surface area contributed by atoms with Crippen LogP contribution in [0.25, 0.3) is 11.1 Å². The number of sulfonamides is 1. The van der Waals surface area contributed by atoms with Gasteiger partial charge in [-0.15, -0.1) is 0 Å². The number of hydrogen-bond acceptors (Lipinski definition) is 4. The van der Waals surface area contributed by atoms with Crippen molar-refractivity contribution in [3.05, 3.63) is 58.6 Å². The fourth-order valence-corrected chi connectivity index (χ4v) is 7.03. The minimum absolute atomic E-state index is 0.0525. The van der Waals surface area contributed by atoms with Crippen molar-refractivity contribution < 1.29 is 18.4 Å². The van der Waals surface area contributed by atoms with Crippen molar-refractivity contribution >= 4 is 31.9 Å². The summed E-state index contributed by atoms with van der Waals surface area (Å²) in [5, 5.41) is 9.06. The molecule has 4 rings (SSSR count). The van der Waals surface area contributed by atoms with E-state index < -0.39 is 22.0 Å². The van der Waals surface area contributed by atoms with Crippen LogP contribution in [-0.2, 0) is 21.2 Å². The van der Waals surface area contributed by atoms with Gasteiger partial charge in [-0.25, -0.2) is 13.9 Å². The summed E-state index contributed by atoms with van der Waals surface area (Å²) in [5.74, 6) is -0.484. The third-order valence-electron chi connectivity index (χ3n) is 6.29. The quantitative estimate of drug-likeness (QED) is 0.474. The highest BCUT2D eigenvalue weighted by Crippen LogP contribution is 2.43. The Kier molecular flexibility index (Phi) is 6.29. The molecule has 160 valence electrons. The Morgan fingerprint density at radius 3 is 2.33 bits per heavy atom. The second-order valence-electron chi connectivity index (χ2n) is 8.09. The van der Waals surface area contributed by atoms with E-state index in [-0.39, 0.29) is 17.7 Å². The summed E-state index contributed by atoms with van der Waals surface area (Å²) in [6.45, 7) is 0. The number of carbonyl (C=O) groups excluding carboxylic acids is 1. The predicted octanol–water partition coefficient (Wildman–Crippen LogP) is 3.74. The van der Waals surface area contributed by atoms with Crippen LogP contribution in [0.15, 0.2) is 53.0 Å². The number of nitrogens with zero attached hydrogens (tertiary/aromatic N) is 1. The third kappa shape index (κ3) is 4.32. The van der Waals surface area contributed by atoms with Crippen molar-refractivity contribution in [3.8, 4) is 11.1 Å². The van der Waals surface area contributed by atoms with Gasteiger partial charge in [-0.05, 0) is 60.4 Å². The molecular formula is C22H25BrN2O4S. The standard InChI is InChI=1S/C22H25BrN2O4S/c23-19-10-8-17(9-11-19)16-6-4-15(5-7-16)12-13-30(28,29)25-20-3-1-2-18(20)14-21(25)22(26)24-27/h4-11,18,20-21,27H,1-3,12-14H2,(H,24,26)/t18-,20-,21-/m1/s1. The lowest BCUT2D eigenvalue weighted by Crippen LogP contribution is -2.49. The van der Waals surface area contributed by atoms with Crippen LogP contribution in [0.4, 0.5) is 0 Å². The fraction of sp³-hybridized carbons (Fsp3) is 0.409. The summed E-state index contributed by atoms with van der Waals surface area (Å²) >= 11 is 3.43. The van der Waals surface area contributed by atoms with Crippen molar-refractivity contribution in [2.45, 2.75) is 44.2 Å². The Bertz CT molecular complexity index is 1010. The molecule has 6 nitrogen and oxygen atoms in total. The maximum absolute atomic E-state index is 13.2. The normalized spacial score (nSPS) is 24.0. The lowest BCUT2D eigenvalue weighted by Gasteiger charge is -2.27. The van der Waals surface area contributed by atoms with Gasteiger partial charge in [0.2, 0.25) is 10.0 Å². The zero-order chi connectivity index (χ0) is 21.3. The Hall–Kier alpha value is -1.74. The van der Waals surface area contributed by atoms with Crippen LogP contribution >= 0.6 is 15.9 Å². The monoisotopic (exact) mass is 492 g/mol. The van der Waals surface area contributed by atoms with E-state index in [0.717, 1.165) is 40.4 Å². The Labute approximate surface area is 185 Å². The number of amides is 1. The third-order valence-corrected chi connectivity index (χ3v) is 8.71. The first kappa shape index (κ1) is 21.5. The van der Waals surface area contributed by atoms with Gasteiger partial charge in [0.25, 0.3) is 5.91 Å². The van der Waals surface area contributed by atoms with Crippen LogP contribution in [0.2, 0.25) is 0 Å². The summed E-state index contributed by atoms with van der Waals surface area (Å²) in [6.07, 6.45) is 3.55. The van der Waals surface area contributed by atoms with Crippen molar-refractivity contribution in [2.24, 2.45) is 5.92 Å². The molecule has 3 atom stereocenters. The molecule has 2 aliphatic rings. The van der Waals surface area contributed by atoms with Gasteiger partial charge in [-0.1, -0.05) is 58.7 Å². The maximum atomic E-state index is 13.2.